The average Bonchev–Trinajstić information content (AvgIpc) is 2.74. The number of amides is 2. The van der Waals surface area contributed by atoms with Crippen LogP contribution < -0.4 is 16.0 Å². The summed E-state index contributed by atoms with van der Waals surface area (Å²) in [7, 11) is 0. The number of alkyl halides is 3. The van der Waals surface area contributed by atoms with Gasteiger partial charge < -0.3 is 16.0 Å². The smallest absolute Gasteiger partial charge is 0.375 e. The van der Waals surface area contributed by atoms with Crippen LogP contribution in [0.4, 0.5) is 30.2 Å². The lowest BCUT2D eigenvalue weighted by molar-refractivity contribution is -0.137. The van der Waals surface area contributed by atoms with E-state index in [0.717, 1.165) is 12.1 Å². The first-order valence-corrected chi connectivity index (χ1v) is 9.95. The molecule has 166 valence electrons. The first kappa shape index (κ1) is 23.4. The van der Waals surface area contributed by atoms with Crippen molar-refractivity contribution in [2.75, 3.05) is 22.5 Å². The molecule has 0 saturated heterocycles. The lowest BCUT2D eigenvalue weighted by atomic mass is 10.1. The van der Waals surface area contributed by atoms with Crippen LogP contribution in [0.15, 0.2) is 66.7 Å². The highest BCUT2D eigenvalue weighted by Gasteiger charge is 2.30. The molecule has 0 unspecified atom stereocenters. The normalized spacial score (nSPS) is 11.0. The Kier molecular flexibility index (Phi) is 7.27. The molecule has 0 aliphatic rings. The van der Waals surface area contributed by atoms with E-state index in [-0.39, 0.29) is 22.8 Å². The SMILES string of the molecule is O=C(CNc1cccc(Cl)c1Cl)Nc1cccc(C(=O)Nc2cccc(C(F)(F)F)c2)c1. The molecule has 0 saturated carbocycles. The summed E-state index contributed by atoms with van der Waals surface area (Å²) in [6.45, 7) is -0.110. The van der Waals surface area contributed by atoms with E-state index in [1.54, 1.807) is 24.3 Å². The summed E-state index contributed by atoms with van der Waals surface area (Å²) in [5, 5.41) is 8.54. The van der Waals surface area contributed by atoms with Crippen LogP contribution in [0.1, 0.15) is 15.9 Å². The van der Waals surface area contributed by atoms with Gasteiger partial charge in [-0.25, -0.2) is 0 Å². The molecule has 5 nitrogen and oxygen atoms in total. The van der Waals surface area contributed by atoms with Crippen molar-refractivity contribution in [1.82, 2.24) is 0 Å². The lowest BCUT2D eigenvalue weighted by Crippen LogP contribution is -2.22. The number of hydrogen-bond acceptors (Lipinski definition) is 3. The van der Waals surface area contributed by atoms with Gasteiger partial charge in [-0.3, -0.25) is 9.59 Å². The highest BCUT2D eigenvalue weighted by Crippen LogP contribution is 2.31. The maximum absolute atomic E-state index is 12.8. The van der Waals surface area contributed by atoms with Crippen LogP contribution in [0.3, 0.4) is 0 Å². The fraction of sp³-hybridized carbons (Fsp3) is 0.0909. The lowest BCUT2D eigenvalue weighted by Gasteiger charge is -2.12. The van der Waals surface area contributed by atoms with E-state index >= 15 is 0 Å². The highest BCUT2D eigenvalue weighted by atomic mass is 35.5. The van der Waals surface area contributed by atoms with Crippen LogP contribution in [0.5, 0.6) is 0 Å². The summed E-state index contributed by atoms with van der Waals surface area (Å²) in [5.41, 5.74) is 0.116. The van der Waals surface area contributed by atoms with Gasteiger partial charge in [0.2, 0.25) is 5.91 Å². The summed E-state index contributed by atoms with van der Waals surface area (Å²) in [5.74, 6) is -1.03. The number of carbonyl (C=O) groups is 2. The van der Waals surface area contributed by atoms with Gasteiger partial charge in [-0.15, -0.1) is 0 Å². The van der Waals surface area contributed by atoms with Crippen LogP contribution in [0, 0.1) is 0 Å². The Morgan fingerprint density at radius 1 is 0.844 bits per heavy atom. The van der Waals surface area contributed by atoms with E-state index in [1.807, 2.05) is 0 Å². The number of hydrogen-bond donors (Lipinski definition) is 3. The average molecular weight is 482 g/mol. The number of nitrogens with one attached hydrogen (secondary N) is 3. The Balaban J connectivity index is 1.63. The summed E-state index contributed by atoms with van der Waals surface area (Å²) < 4.78 is 38.5. The molecule has 3 rings (SSSR count). The van der Waals surface area contributed by atoms with Gasteiger partial charge in [0.1, 0.15) is 0 Å². The molecule has 0 heterocycles. The zero-order valence-electron chi connectivity index (χ0n) is 16.3. The van der Waals surface area contributed by atoms with E-state index < -0.39 is 23.6 Å². The molecule has 3 N–H and O–H groups in total. The Morgan fingerprint density at radius 3 is 2.22 bits per heavy atom. The quantitative estimate of drug-likeness (QED) is 0.386. The molecular weight excluding hydrogens is 466 g/mol. The molecule has 3 aromatic rings. The third kappa shape index (κ3) is 6.15. The van der Waals surface area contributed by atoms with Gasteiger partial charge in [0.15, 0.2) is 0 Å². The van der Waals surface area contributed by atoms with E-state index in [2.05, 4.69) is 16.0 Å². The Labute approximate surface area is 191 Å². The monoisotopic (exact) mass is 481 g/mol. The molecular formula is C22H16Cl2F3N3O2. The van der Waals surface area contributed by atoms with Crippen molar-refractivity contribution in [3.63, 3.8) is 0 Å². The topological polar surface area (TPSA) is 70.2 Å². The number of halogens is 5. The molecule has 32 heavy (non-hydrogen) atoms. The minimum atomic E-state index is -4.52. The van der Waals surface area contributed by atoms with Crippen molar-refractivity contribution in [3.8, 4) is 0 Å². The van der Waals surface area contributed by atoms with Crippen LogP contribution in [0.25, 0.3) is 0 Å². The molecule has 0 spiro atoms. The summed E-state index contributed by atoms with van der Waals surface area (Å²) in [6, 6.07) is 15.3. The molecule has 3 aromatic carbocycles. The van der Waals surface area contributed by atoms with Crippen LogP contribution in [-0.2, 0) is 11.0 Å². The molecule has 0 atom stereocenters. The number of rotatable bonds is 6. The van der Waals surface area contributed by atoms with E-state index in [4.69, 9.17) is 23.2 Å². The predicted molar refractivity (Wildman–Crippen MR) is 119 cm³/mol. The number of carbonyl (C=O) groups excluding carboxylic acids is 2. The molecule has 0 aliphatic carbocycles. The van der Waals surface area contributed by atoms with Gasteiger partial charge >= 0.3 is 6.18 Å². The maximum Gasteiger partial charge on any atom is 0.416 e. The van der Waals surface area contributed by atoms with Gasteiger partial charge in [0, 0.05) is 16.9 Å². The summed E-state index contributed by atoms with van der Waals surface area (Å²) >= 11 is 12.0. The number of benzene rings is 3. The van der Waals surface area contributed by atoms with Crippen LogP contribution in [-0.4, -0.2) is 18.4 Å². The predicted octanol–water partition coefficient (Wildman–Crippen LogP) is 6.32. The fourth-order valence-corrected chi connectivity index (χ4v) is 3.10. The maximum atomic E-state index is 12.8. The zero-order valence-corrected chi connectivity index (χ0v) is 17.8. The van der Waals surface area contributed by atoms with E-state index in [9.17, 15) is 22.8 Å². The van der Waals surface area contributed by atoms with Gasteiger partial charge in [0.25, 0.3) is 5.91 Å². The summed E-state index contributed by atoms with van der Waals surface area (Å²) in [6.07, 6.45) is -4.52. The van der Waals surface area contributed by atoms with Gasteiger partial charge in [-0.05, 0) is 48.5 Å². The second-order valence-electron chi connectivity index (χ2n) is 6.62. The standard InChI is InChI=1S/C22H16Cl2F3N3O2/c23-17-8-3-9-18(20(17)24)28-12-19(31)29-15-6-1-4-13(10-15)21(32)30-16-7-2-5-14(11-16)22(25,26)27/h1-11,28H,12H2,(H,29,31)(H,30,32). The molecule has 0 fully saturated rings. The minimum absolute atomic E-state index is 0.00173. The van der Waals surface area contributed by atoms with Crippen molar-refractivity contribution in [2.45, 2.75) is 6.18 Å². The second kappa shape index (κ2) is 9.93. The Hall–Kier alpha value is -3.23. The first-order chi connectivity index (χ1) is 15.1. The molecule has 0 radical (unpaired) electrons. The highest BCUT2D eigenvalue weighted by molar-refractivity contribution is 6.43. The fourth-order valence-electron chi connectivity index (χ4n) is 2.74. The van der Waals surface area contributed by atoms with Crippen molar-refractivity contribution in [1.29, 1.82) is 0 Å². The molecule has 0 aromatic heterocycles. The summed E-state index contributed by atoms with van der Waals surface area (Å²) in [4.78, 5) is 24.7. The zero-order chi connectivity index (χ0) is 23.3. The van der Waals surface area contributed by atoms with Crippen molar-refractivity contribution in [2.24, 2.45) is 0 Å². The Bertz CT molecular complexity index is 1150. The first-order valence-electron chi connectivity index (χ1n) is 9.20. The molecule has 10 heteroatoms. The third-order valence-corrected chi connectivity index (χ3v) is 5.07. The van der Waals surface area contributed by atoms with Gasteiger partial charge in [-0.1, -0.05) is 41.4 Å². The van der Waals surface area contributed by atoms with Crippen LogP contribution in [0.2, 0.25) is 10.0 Å². The van der Waals surface area contributed by atoms with E-state index in [0.29, 0.717) is 16.4 Å². The van der Waals surface area contributed by atoms with Crippen LogP contribution >= 0.6 is 23.2 Å². The van der Waals surface area contributed by atoms with Crippen molar-refractivity contribution < 1.29 is 22.8 Å². The molecule has 2 amide bonds. The van der Waals surface area contributed by atoms with Gasteiger partial charge in [0.05, 0.1) is 27.8 Å². The molecule has 0 aliphatic heterocycles. The number of anilines is 3. The van der Waals surface area contributed by atoms with Gasteiger partial charge in [-0.2, -0.15) is 13.2 Å². The minimum Gasteiger partial charge on any atom is -0.375 e. The van der Waals surface area contributed by atoms with E-state index in [1.165, 1.54) is 30.3 Å². The third-order valence-electron chi connectivity index (χ3n) is 4.25. The van der Waals surface area contributed by atoms with Crippen molar-refractivity contribution in [3.05, 3.63) is 87.9 Å². The largest absolute Gasteiger partial charge is 0.416 e. The second-order valence-corrected chi connectivity index (χ2v) is 7.40. The van der Waals surface area contributed by atoms with Crippen molar-refractivity contribution >= 4 is 52.1 Å². The Morgan fingerprint density at radius 2 is 1.50 bits per heavy atom. The molecule has 0 bridgehead atoms.